The molecule has 3 rings (SSSR count). The maximum Gasteiger partial charge on any atom is 0.154 e. The summed E-state index contributed by atoms with van der Waals surface area (Å²) >= 11 is 0. The average Bonchev–Trinajstić information content (AvgIpc) is 2.55. The van der Waals surface area contributed by atoms with Crippen LogP contribution < -0.4 is 10.5 Å². The Labute approximate surface area is 124 Å². The molecule has 1 aliphatic rings. The first-order valence-electron chi connectivity index (χ1n) is 7.30. The summed E-state index contributed by atoms with van der Waals surface area (Å²) in [6, 6.07) is 17.0. The van der Waals surface area contributed by atoms with Gasteiger partial charge in [0, 0.05) is 6.42 Å². The van der Waals surface area contributed by atoms with Crippen molar-refractivity contribution in [1.82, 2.24) is 0 Å². The molecule has 21 heavy (non-hydrogen) atoms. The lowest BCUT2D eigenvalue weighted by molar-refractivity contribution is -0.120. The van der Waals surface area contributed by atoms with Gasteiger partial charge in [-0.2, -0.15) is 0 Å². The average molecular weight is 281 g/mol. The van der Waals surface area contributed by atoms with Crippen molar-refractivity contribution in [2.75, 3.05) is 6.61 Å². The zero-order valence-electron chi connectivity index (χ0n) is 11.9. The molecular weight excluding hydrogens is 262 g/mol. The lowest BCUT2D eigenvalue weighted by Gasteiger charge is -2.26. The first-order chi connectivity index (χ1) is 10.3. The van der Waals surface area contributed by atoms with Gasteiger partial charge < -0.3 is 10.5 Å². The molecule has 0 saturated carbocycles. The minimum Gasteiger partial charge on any atom is -0.493 e. The number of para-hydroxylation sites is 1. The molecule has 0 amide bonds. The molecule has 0 saturated heterocycles. The molecular formula is C18H19NO2. The highest BCUT2D eigenvalue weighted by atomic mass is 16.5. The molecule has 0 bridgehead atoms. The highest BCUT2D eigenvalue weighted by Gasteiger charge is 2.26. The number of ether oxygens (including phenoxy) is 1. The molecule has 2 aromatic carbocycles. The largest absolute Gasteiger partial charge is 0.493 e. The molecule has 108 valence electrons. The molecule has 0 radical (unpaired) electrons. The van der Waals surface area contributed by atoms with Crippen LogP contribution in [-0.2, 0) is 4.79 Å². The second-order valence-corrected chi connectivity index (χ2v) is 5.43. The van der Waals surface area contributed by atoms with Gasteiger partial charge in [0.05, 0.1) is 12.6 Å². The topological polar surface area (TPSA) is 52.3 Å². The van der Waals surface area contributed by atoms with Gasteiger partial charge >= 0.3 is 0 Å². The maximum atomic E-state index is 12.5. The van der Waals surface area contributed by atoms with Crippen LogP contribution in [0.15, 0.2) is 54.6 Å². The molecule has 2 N–H and O–H groups in total. The summed E-state index contributed by atoms with van der Waals surface area (Å²) in [6.07, 6.45) is 1.33. The van der Waals surface area contributed by atoms with Gasteiger partial charge in [0.2, 0.25) is 0 Å². The number of benzene rings is 2. The molecule has 3 nitrogen and oxygen atoms in total. The number of carbonyl (C=O) groups is 1. The number of ketones is 1. The highest BCUT2D eigenvalue weighted by molar-refractivity contribution is 5.85. The molecule has 0 fully saturated rings. The first kappa shape index (κ1) is 13.8. The van der Waals surface area contributed by atoms with E-state index >= 15 is 0 Å². The van der Waals surface area contributed by atoms with E-state index in [-0.39, 0.29) is 11.7 Å². The van der Waals surface area contributed by atoms with Crippen molar-refractivity contribution >= 4 is 5.78 Å². The molecule has 3 heteroatoms. The molecule has 1 heterocycles. The predicted octanol–water partition coefficient (Wildman–Crippen LogP) is 3.21. The number of carbonyl (C=O) groups excluding carboxylic acids is 1. The minimum atomic E-state index is -0.541. The predicted molar refractivity (Wildman–Crippen MR) is 82.3 cm³/mol. The third-order valence-electron chi connectivity index (χ3n) is 4.04. The van der Waals surface area contributed by atoms with Gasteiger partial charge in [0.15, 0.2) is 5.78 Å². The molecule has 2 atom stereocenters. The Morgan fingerprint density at radius 1 is 1.14 bits per heavy atom. The number of hydrogen-bond donors (Lipinski definition) is 1. The molecule has 2 aromatic rings. The van der Waals surface area contributed by atoms with Crippen LogP contribution >= 0.6 is 0 Å². The van der Waals surface area contributed by atoms with E-state index in [0.29, 0.717) is 13.0 Å². The summed E-state index contributed by atoms with van der Waals surface area (Å²) < 4.78 is 5.64. The quantitative estimate of drug-likeness (QED) is 0.936. The van der Waals surface area contributed by atoms with E-state index in [1.54, 1.807) is 0 Å². The van der Waals surface area contributed by atoms with E-state index < -0.39 is 6.04 Å². The SMILES string of the molecule is N[C@@H](C(=O)CC1CCOc2ccccc21)c1ccccc1. The van der Waals surface area contributed by atoms with Crippen molar-refractivity contribution in [2.24, 2.45) is 5.73 Å². The Bertz CT molecular complexity index is 624. The van der Waals surface area contributed by atoms with Gasteiger partial charge in [0.1, 0.15) is 5.75 Å². The summed E-state index contributed by atoms with van der Waals surface area (Å²) in [4.78, 5) is 12.5. The van der Waals surface area contributed by atoms with Crippen LogP contribution in [0, 0.1) is 0 Å². The summed E-state index contributed by atoms with van der Waals surface area (Å²) in [7, 11) is 0. The van der Waals surface area contributed by atoms with Crippen LogP contribution in [0.25, 0.3) is 0 Å². The molecule has 1 aliphatic heterocycles. The molecule has 0 aliphatic carbocycles. The number of Topliss-reactive ketones (excluding diaryl/α,β-unsaturated/α-hetero) is 1. The van der Waals surface area contributed by atoms with E-state index in [0.717, 1.165) is 23.3 Å². The number of hydrogen-bond acceptors (Lipinski definition) is 3. The molecule has 1 unspecified atom stereocenters. The monoisotopic (exact) mass is 281 g/mol. The summed E-state index contributed by atoms with van der Waals surface area (Å²) in [5, 5.41) is 0. The summed E-state index contributed by atoms with van der Waals surface area (Å²) in [5.74, 6) is 1.19. The van der Waals surface area contributed by atoms with Gasteiger partial charge in [-0.1, -0.05) is 48.5 Å². The maximum absolute atomic E-state index is 12.5. The van der Waals surface area contributed by atoms with Crippen molar-refractivity contribution in [3.63, 3.8) is 0 Å². The first-order valence-corrected chi connectivity index (χ1v) is 7.30. The van der Waals surface area contributed by atoms with Crippen LogP contribution in [0.3, 0.4) is 0 Å². The third kappa shape index (κ3) is 2.98. The van der Waals surface area contributed by atoms with Crippen LogP contribution in [-0.4, -0.2) is 12.4 Å². The van der Waals surface area contributed by atoms with Crippen molar-refractivity contribution in [3.05, 3.63) is 65.7 Å². The lowest BCUT2D eigenvalue weighted by Crippen LogP contribution is -2.25. The second-order valence-electron chi connectivity index (χ2n) is 5.43. The Kier molecular flexibility index (Phi) is 4.02. The van der Waals surface area contributed by atoms with Crippen molar-refractivity contribution in [3.8, 4) is 5.75 Å². The zero-order chi connectivity index (χ0) is 14.7. The van der Waals surface area contributed by atoms with E-state index in [1.807, 2.05) is 54.6 Å². The molecule has 0 aromatic heterocycles. The highest BCUT2D eigenvalue weighted by Crippen LogP contribution is 2.36. The van der Waals surface area contributed by atoms with Crippen molar-refractivity contribution in [1.29, 1.82) is 0 Å². The number of fused-ring (bicyclic) bond motifs is 1. The lowest BCUT2D eigenvalue weighted by atomic mass is 9.86. The smallest absolute Gasteiger partial charge is 0.154 e. The van der Waals surface area contributed by atoms with Gasteiger partial charge in [-0.15, -0.1) is 0 Å². The Morgan fingerprint density at radius 3 is 2.67 bits per heavy atom. The Morgan fingerprint density at radius 2 is 1.86 bits per heavy atom. The van der Waals surface area contributed by atoms with Gasteiger partial charge in [0.25, 0.3) is 0 Å². The Hall–Kier alpha value is -2.13. The second kappa shape index (κ2) is 6.10. The zero-order valence-corrected chi connectivity index (χ0v) is 11.9. The number of nitrogens with two attached hydrogens (primary N) is 1. The van der Waals surface area contributed by atoms with Crippen LogP contribution in [0.4, 0.5) is 0 Å². The standard InChI is InChI=1S/C18H19NO2/c19-18(13-6-2-1-3-7-13)16(20)12-14-10-11-21-17-9-5-4-8-15(14)17/h1-9,14,18H,10-12,19H2/t14?,18-/m1/s1. The van der Waals surface area contributed by atoms with Crippen LogP contribution in [0.2, 0.25) is 0 Å². The summed E-state index contributed by atoms with van der Waals surface area (Å²) in [6.45, 7) is 0.662. The van der Waals surface area contributed by atoms with Gasteiger partial charge in [-0.25, -0.2) is 0 Å². The van der Waals surface area contributed by atoms with E-state index in [2.05, 4.69) is 0 Å². The van der Waals surface area contributed by atoms with Crippen LogP contribution in [0.5, 0.6) is 5.75 Å². The van der Waals surface area contributed by atoms with Crippen molar-refractivity contribution < 1.29 is 9.53 Å². The Balaban J connectivity index is 1.74. The van der Waals surface area contributed by atoms with Crippen LogP contribution in [0.1, 0.15) is 35.9 Å². The molecule has 0 spiro atoms. The summed E-state index contributed by atoms with van der Waals surface area (Å²) in [5.41, 5.74) is 8.10. The minimum absolute atomic E-state index is 0.0860. The fourth-order valence-electron chi connectivity index (χ4n) is 2.84. The normalized spacial score (nSPS) is 18.4. The van der Waals surface area contributed by atoms with Crippen molar-refractivity contribution in [2.45, 2.75) is 24.8 Å². The fourth-order valence-corrected chi connectivity index (χ4v) is 2.84. The van der Waals surface area contributed by atoms with E-state index in [4.69, 9.17) is 10.5 Å². The van der Waals surface area contributed by atoms with E-state index in [9.17, 15) is 4.79 Å². The number of rotatable bonds is 4. The van der Waals surface area contributed by atoms with E-state index in [1.165, 1.54) is 0 Å². The van der Waals surface area contributed by atoms with Gasteiger partial charge in [-0.3, -0.25) is 4.79 Å². The van der Waals surface area contributed by atoms with Gasteiger partial charge in [-0.05, 0) is 29.5 Å². The fraction of sp³-hybridized carbons (Fsp3) is 0.278. The third-order valence-corrected chi connectivity index (χ3v) is 4.04.